The van der Waals surface area contributed by atoms with Crippen LogP contribution in [0.15, 0.2) is 18.2 Å². The first-order valence-electron chi connectivity index (χ1n) is 7.48. The lowest BCUT2D eigenvalue weighted by Crippen LogP contribution is -2.18. The Morgan fingerprint density at radius 3 is 2.90 bits per heavy atom. The van der Waals surface area contributed by atoms with Crippen LogP contribution in [-0.2, 0) is 13.0 Å². The molecule has 0 saturated carbocycles. The SMILES string of the molecule is COc1ccc2nc(CCCl)n(CC3CCSCC3)c2c1. The third-order valence-electron chi connectivity index (χ3n) is 4.13. The van der Waals surface area contributed by atoms with Crippen molar-refractivity contribution < 1.29 is 4.74 Å². The highest BCUT2D eigenvalue weighted by atomic mass is 35.5. The number of hydrogen-bond acceptors (Lipinski definition) is 3. The van der Waals surface area contributed by atoms with E-state index in [4.69, 9.17) is 21.3 Å². The molecule has 1 aromatic carbocycles. The Morgan fingerprint density at radius 2 is 2.19 bits per heavy atom. The summed E-state index contributed by atoms with van der Waals surface area (Å²) in [6.07, 6.45) is 3.42. The number of imidazole rings is 1. The van der Waals surface area contributed by atoms with E-state index in [0.29, 0.717) is 5.88 Å². The first-order valence-corrected chi connectivity index (χ1v) is 9.17. The van der Waals surface area contributed by atoms with E-state index >= 15 is 0 Å². The zero-order chi connectivity index (χ0) is 14.7. The van der Waals surface area contributed by atoms with Gasteiger partial charge in [0.25, 0.3) is 0 Å². The van der Waals surface area contributed by atoms with Gasteiger partial charge in [0.1, 0.15) is 11.6 Å². The van der Waals surface area contributed by atoms with Crippen molar-refractivity contribution in [1.29, 1.82) is 0 Å². The number of thioether (sulfide) groups is 1. The summed E-state index contributed by atoms with van der Waals surface area (Å²) in [5.74, 6) is 5.92. The fraction of sp³-hybridized carbons (Fsp3) is 0.562. The second kappa shape index (κ2) is 6.93. The van der Waals surface area contributed by atoms with Crippen LogP contribution in [-0.4, -0.2) is 34.0 Å². The highest BCUT2D eigenvalue weighted by Crippen LogP contribution is 2.28. The molecule has 5 heteroatoms. The number of methoxy groups -OCH3 is 1. The maximum Gasteiger partial charge on any atom is 0.121 e. The number of aromatic nitrogens is 2. The normalized spacial score (nSPS) is 16.5. The topological polar surface area (TPSA) is 27.1 Å². The molecule has 0 spiro atoms. The van der Waals surface area contributed by atoms with Gasteiger partial charge in [-0.25, -0.2) is 4.98 Å². The summed E-state index contributed by atoms with van der Waals surface area (Å²) in [6, 6.07) is 6.11. The second-order valence-corrected chi connectivity index (χ2v) is 7.09. The van der Waals surface area contributed by atoms with E-state index in [-0.39, 0.29) is 0 Å². The van der Waals surface area contributed by atoms with E-state index in [0.717, 1.165) is 36.0 Å². The van der Waals surface area contributed by atoms with Crippen molar-refractivity contribution in [3.05, 3.63) is 24.0 Å². The highest BCUT2D eigenvalue weighted by molar-refractivity contribution is 7.99. The zero-order valence-electron chi connectivity index (χ0n) is 12.3. The lowest BCUT2D eigenvalue weighted by atomic mass is 10.0. The van der Waals surface area contributed by atoms with Gasteiger partial charge in [-0.1, -0.05) is 0 Å². The molecule has 1 aliphatic heterocycles. The molecule has 0 N–H and O–H groups in total. The molecular weight excluding hydrogens is 304 g/mol. The number of rotatable bonds is 5. The summed E-state index contributed by atoms with van der Waals surface area (Å²) in [5, 5.41) is 0. The maximum absolute atomic E-state index is 5.96. The third kappa shape index (κ3) is 3.32. The third-order valence-corrected chi connectivity index (χ3v) is 5.37. The summed E-state index contributed by atoms with van der Waals surface area (Å²) in [6.45, 7) is 1.05. The number of alkyl halides is 1. The van der Waals surface area contributed by atoms with Crippen LogP contribution in [0.4, 0.5) is 0 Å². The fourth-order valence-electron chi connectivity index (χ4n) is 2.95. The van der Waals surface area contributed by atoms with Crippen molar-refractivity contribution in [2.45, 2.75) is 25.8 Å². The predicted octanol–water partition coefficient (Wildman–Crippen LogP) is 3.97. The van der Waals surface area contributed by atoms with Crippen LogP contribution in [0.1, 0.15) is 18.7 Å². The van der Waals surface area contributed by atoms with Gasteiger partial charge in [-0.15, -0.1) is 11.6 Å². The molecule has 2 aromatic rings. The molecule has 3 nitrogen and oxygen atoms in total. The van der Waals surface area contributed by atoms with E-state index in [1.165, 1.54) is 29.9 Å². The minimum atomic E-state index is 0.612. The summed E-state index contributed by atoms with van der Waals surface area (Å²) < 4.78 is 7.73. The minimum Gasteiger partial charge on any atom is -0.497 e. The van der Waals surface area contributed by atoms with Crippen molar-refractivity contribution >= 4 is 34.4 Å². The smallest absolute Gasteiger partial charge is 0.121 e. The molecule has 1 saturated heterocycles. The number of fused-ring (bicyclic) bond motifs is 1. The molecule has 0 amide bonds. The number of hydrogen-bond donors (Lipinski definition) is 0. The van der Waals surface area contributed by atoms with Crippen molar-refractivity contribution in [1.82, 2.24) is 9.55 Å². The number of aryl methyl sites for hydroxylation is 1. The van der Waals surface area contributed by atoms with Gasteiger partial charge >= 0.3 is 0 Å². The van der Waals surface area contributed by atoms with Crippen LogP contribution >= 0.6 is 23.4 Å². The second-order valence-electron chi connectivity index (χ2n) is 5.49. The van der Waals surface area contributed by atoms with Gasteiger partial charge in [-0.3, -0.25) is 0 Å². The predicted molar refractivity (Wildman–Crippen MR) is 90.8 cm³/mol. The first kappa shape index (κ1) is 15.0. The summed E-state index contributed by atoms with van der Waals surface area (Å²) in [4.78, 5) is 4.76. The molecule has 0 atom stereocenters. The number of nitrogens with zero attached hydrogens (tertiary/aromatic N) is 2. The Labute approximate surface area is 135 Å². The number of benzene rings is 1. The minimum absolute atomic E-state index is 0.612. The molecule has 3 rings (SSSR count). The average Bonchev–Trinajstić information content (AvgIpc) is 2.86. The average molecular weight is 325 g/mol. The molecule has 1 fully saturated rings. The monoisotopic (exact) mass is 324 g/mol. The molecule has 0 bridgehead atoms. The van der Waals surface area contributed by atoms with Gasteiger partial charge in [0, 0.05) is 24.9 Å². The number of ether oxygens (including phenoxy) is 1. The molecule has 21 heavy (non-hydrogen) atoms. The molecule has 114 valence electrons. The van der Waals surface area contributed by atoms with Crippen molar-refractivity contribution in [2.24, 2.45) is 5.92 Å². The fourth-order valence-corrected chi connectivity index (χ4v) is 4.32. The maximum atomic E-state index is 5.96. The summed E-state index contributed by atoms with van der Waals surface area (Å²) >= 11 is 8.02. The Kier molecular flexibility index (Phi) is 4.96. The van der Waals surface area contributed by atoms with Crippen LogP contribution in [0.25, 0.3) is 11.0 Å². The van der Waals surface area contributed by atoms with Crippen molar-refractivity contribution in [2.75, 3.05) is 24.5 Å². The van der Waals surface area contributed by atoms with Crippen LogP contribution in [0, 0.1) is 5.92 Å². The van der Waals surface area contributed by atoms with E-state index in [1.807, 2.05) is 12.1 Å². The molecular formula is C16H21ClN2OS. The quantitative estimate of drug-likeness (QED) is 0.779. The lowest BCUT2D eigenvalue weighted by molar-refractivity contribution is 0.410. The summed E-state index contributed by atoms with van der Waals surface area (Å²) in [5.41, 5.74) is 2.22. The Balaban J connectivity index is 1.96. The van der Waals surface area contributed by atoms with E-state index in [1.54, 1.807) is 7.11 Å². The Hall–Kier alpha value is -0.870. The molecule has 0 unspecified atom stereocenters. The molecule has 1 aliphatic rings. The largest absolute Gasteiger partial charge is 0.497 e. The molecule has 0 aliphatic carbocycles. The van der Waals surface area contributed by atoms with Crippen molar-refractivity contribution in [3.8, 4) is 5.75 Å². The van der Waals surface area contributed by atoms with Gasteiger partial charge in [0.05, 0.1) is 18.1 Å². The lowest BCUT2D eigenvalue weighted by Gasteiger charge is -2.23. The van der Waals surface area contributed by atoms with Crippen molar-refractivity contribution in [3.63, 3.8) is 0 Å². The highest BCUT2D eigenvalue weighted by Gasteiger charge is 2.18. The van der Waals surface area contributed by atoms with Crippen LogP contribution in [0.3, 0.4) is 0 Å². The first-order chi connectivity index (χ1) is 10.3. The van der Waals surface area contributed by atoms with Crippen LogP contribution < -0.4 is 4.74 Å². The Bertz CT molecular complexity index is 608. The van der Waals surface area contributed by atoms with E-state index in [2.05, 4.69) is 22.4 Å². The Morgan fingerprint density at radius 1 is 1.38 bits per heavy atom. The molecule has 1 aromatic heterocycles. The van der Waals surface area contributed by atoms with Gasteiger partial charge < -0.3 is 9.30 Å². The van der Waals surface area contributed by atoms with Gasteiger partial charge in [0.15, 0.2) is 0 Å². The van der Waals surface area contributed by atoms with Gasteiger partial charge in [0.2, 0.25) is 0 Å². The van der Waals surface area contributed by atoms with Crippen LogP contribution in [0.2, 0.25) is 0 Å². The number of halogens is 1. The molecule has 2 heterocycles. The van der Waals surface area contributed by atoms with Crippen LogP contribution in [0.5, 0.6) is 5.75 Å². The van der Waals surface area contributed by atoms with E-state index < -0.39 is 0 Å². The van der Waals surface area contributed by atoms with Gasteiger partial charge in [-0.05, 0) is 42.4 Å². The molecule has 0 radical (unpaired) electrons. The van der Waals surface area contributed by atoms with Gasteiger partial charge in [-0.2, -0.15) is 11.8 Å². The summed E-state index contributed by atoms with van der Waals surface area (Å²) in [7, 11) is 1.71. The zero-order valence-corrected chi connectivity index (χ0v) is 13.9. The van der Waals surface area contributed by atoms with E-state index in [9.17, 15) is 0 Å². The standard InChI is InChI=1S/C16H21ClN2OS/c1-20-13-2-3-14-15(10-13)19(16(18-14)4-7-17)11-12-5-8-21-9-6-12/h2-3,10,12H,4-9,11H2,1H3.